The lowest BCUT2D eigenvalue weighted by Crippen LogP contribution is -2.73. The SMILES string of the molecule is CCCN1C(=O)[C@H](CCNC(=O)Cc2ccccc2-c2ccccc2)NC(=O)C12CCN(CCc1ccccc1)CC2. The molecule has 2 heterocycles. The highest BCUT2D eigenvalue weighted by Gasteiger charge is 2.53. The minimum atomic E-state index is -0.781. The molecule has 0 aliphatic carbocycles. The van der Waals surface area contributed by atoms with Crippen molar-refractivity contribution in [2.24, 2.45) is 0 Å². The van der Waals surface area contributed by atoms with Crippen molar-refractivity contribution < 1.29 is 14.4 Å². The number of nitrogens with one attached hydrogen (secondary N) is 2. The summed E-state index contributed by atoms with van der Waals surface area (Å²) in [5, 5.41) is 6.02. The molecule has 3 aromatic carbocycles. The molecule has 220 valence electrons. The fourth-order valence-corrected chi connectivity index (χ4v) is 6.36. The van der Waals surface area contributed by atoms with Gasteiger partial charge in [0.2, 0.25) is 17.7 Å². The molecule has 0 bridgehead atoms. The summed E-state index contributed by atoms with van der Waals surface area (Å²) in [4.78, 5) is 44.4. The van der Waals surface area contributed by atoms with E-state index in [-0.39, 0.29) is 24.1 Å². The van der Waals surface area contributed by atoms with Crippen molar-refractivity contribution in [2.75, 3.05) is 32.7 Å². The Bertz CT molecular complexity index is 1350. The Morgan fingerprint density at radius 2 is 1.57 bits per heavy atom. The van der Waals surface area contributed by atoms with Crippen molar-refractivity contribution >= 4 is 17.7 Å². The Morgan fingerprint density at radius 3 is 2.29 bits per heavy atom. The maximum Gasteiger partial charge on any atom is 0.246 e. The second-order valence-electron chi connectivity index (χ2n) is 11.5. The zero-order valence-corrected chi connectivity index (χ0v) is 24.6. The molecule has 7 nitrogen and oxygen atoms in total. The Morgan fingerprint density at radius 1 is 0.905 bits per heavy atom. The third-order valence-corrected chi connectivity index (χ3v) is 8.71. The maximum atomic E-state index is 13.7. The van der Waals surface area contributed by atoms with Crippen LogP contribution >= 0.6 is 0 Å². The fourth-order valence-electron chi connectivity index (χ4n) is 6.36. The first kappa shape index (κ1) is 29.5. The molecule has 5 rings (SSSR count). The van der Waals surface area contributed by atoms with Crippen LogP contribution < -0.4 is 10.6 Å². The summed E-state index contributed by atoms with van der Waals surface area (Å²) in [6.45, 7) is 5.46. The molecule has 3 aromatic rings. The number of amides is 3. The van der Waals surface area contributed by atoms with E-state index in [1.807, 2.05) is 72.5 Å². The van der Waals surface area contributed by atoms with Crippen LogP contribution in [-0.4, -0.2) is 71.8 Å². The molecule has 1 spiro atoms. The number of carbonyl (C=O) groups excluding carboxylic acids is 3. The van der Waals surface area contributed by atoms with Crippen LogP contribution in [0, 0.1) is 0 Å². The smallest absolute Gasteiger partial charge is 0.246 e. The van der Waals surface area contributed by atoms with Crippen LogP contribution in [0.4, 0.5) is 0 Å². The van der Waals surface area contributed by atoms with Gasteiger partial charge in [-0.25, -0.2) is 0 Å². The van der Waals surface area contributed by atoms with Crippen LogP contribution in [0.2, 0.25) is 0 Å². The van der Waals surface area contributed by atoms with Crippen LogP contribution in [0.15, 0.2) is 84.9 Å². The highest BCUT2D eigenvalue weighted by Crippen LogP contribution is 2.33. The molecule has 2 fully saturated rings. The van der Waals surface area contributed by atoms with Crippen LogP contribution in [0.5, 0.6) is 0 Å². The van der Waals surface area contributed by atoms with E-state index >= 15 is 0 Å². The lowest BCUT2D eigenvalue weighted by Gasteiger charge is -2.51. The minimum Gasteiger partial charge on any atom is -0.356 e. The Balaban J connectivity index is 1.15. The number of piperidine rings is 1. The second kappa shape index (κ2) is 13.8. The lowest BCUT2D eigenvalue weighted by molar-refractivity contribution is -0.161. The number of likely N-dealkylation sites (tertiary alicyclic amines) is 1. The van der Waals surface area contributed by atoms with Gasteiger partial charge in [0.05, 0.1) is 6.42 Å². The van der Waals surface area contributed by atoms with Crippen LogP contribution in [0.25, 0.3) is 11.1 Å². The first-order valence-electron chi connectivity index (χ1n) is 15.3. The summed E-state index contributed by atoms with van der Waals surface area (Å²) < 4.78 is 0. The topological polar surface area (TPSA) is 81.8 Å². The first-order valence-corrected chi connectivity index (χ1v) is 15.3. The van der Waals surface area contributed by atoms with Crippen molar-refractivity contribution in [3.63, 3.8) is 0 Å². The Hall–Kier alpha value is -3.97. The maximum absolute atomic E-state index is 13.7. The lowest BCUT2D eigenvalue weighted by atomic mass is 9.81. The average Bonchev–Trinajstić information content (AvgIpc) is 3.02. The van der Waals surface area contributed by atoms with E-state index in [4.69, 9.17) is 0 Å². The molecule has 0 unspecified atom stereocenters. The molecule has 2 saturated heterocycles. The second-order valence-corrected chi connectivity index (χ2v) is 11.5. The summed E-state index contributed by atoms with van der Waals surface area (Å²) in [5.74, 6) is -0.179. The van der Waals surface area contributed by atoms with Crippen molar-refractivity contribution in [1.82, 2.24) is 20.4 Å². The fraction of sp³-hybridized carbons (Fsp3) is 0.400. The van der Waals surface area contributed by atoms with Crippen LogP contribution in [0.3, 0.4) is 0 Å². The van der Waals surface area contributed by atoms with Gasteiger partial charge in [-0.15, -0.1) is 0 Å². The zero-order valence-electron chi connectivity index (χ0n) is 24.6. The van der Waals surface area contributed by atoms with E-state index in [2.05, 4.69) is 39.8 Å². The largest absolute Gasteiger partial charge is 0.356 e. The number of benzene rings is 3. The molecule has 7 heteroatoms. The molecule has 2 N–H and O–H groups in total. The van der Waals surface area contributed by atoms with Crippen molar-refractivity contribution in [2.45, 2.75) is 57.0 Å². The van der Waals surface area contributed by atoms with E-state index in [9.17, 15) is 14.4 Å². The highest BCUT2D eigenvalue weighted by atomic mass is 16.2. The van der Waals surface area contributed by atoms with Crippen molar-refractivity contribution in [3.05, 3.63) is 96.1 Å². The van der Waals surface area contributed by atoms with Crippen LogP contribution in [0.1, 0.15) is 43.7 Å². The van der Waals surface area contributed by atoms with Gasteiger partial charge >= 0.3 is 0 Å². The number of nitrogens with zero attached hydrogens (tertiary/aromatic N) is 2. The molecule has 2 aliphatic heterocycles. The van der Waals surface area contributed by atoms with Gasteiger partial charge < -0.3 is 20.4 Å². The van der Waals surface area contributed by atoms with Crippen molar-refractivity contribution in [1.29, 1.82) is 0 Å². The van der Waals surface area contributed by atoms with Gasteiger partial charge in [-0.05, 0) is 54.4 Å². The Kier molecular flexibility index (Phi) is 9.70. The third kappa shape index (κ3) is 6.73. The van der Waals surface area contributed by atoms with Gasteiger partial charge in [-0.2, -0.15) is 0 Å². The third-order valence-electron chi connectivity index (χ3n) is 8.71. The predicted octanol–water partition coefficient (Wildman–Crippen LogP) is 4.22. The summed E-state index contributed by atoms with van der Waals surface area (Å²) in [6.07, 6.45) is 3.68. The molecule has 2 aliphatic rings. The monoisotopic (exact) mass is 566 g/mol. The van der Waals surface area contributed by atoms with Gasteiger partial charge in [0, 0.05) is 32.7 Å². The van der Waals surface area contributed by atoms with Gasteiger partial charge in [0.25, 0.3) is 0 Å². The van der Waals surface area contributed by atoms with E-state index in [0.717, 1.165) is 49.2 Å². The standard InChI is InChI=1S/C35H42N4O3/c1-2-22-39-33(41)31(17-21-36-32(40)26-29-15-9-10-16-30(29)28-13-7-4-8-14-28)37-34(42)35(39)19-24-38(25-20-35)23-18-27-11-5-3-6-12-27/h3-16,31H,2,17-26H2,1H3,(H,36,40)(H,37,42)/t31-/m0/s1. The van der Waals surface area contributed by atoms with Gasteiger partial charge in [-0.1, -0.05) is 91.9 Å². The summed E-state index contributed by atoms with van der Waals surface area (Å²) in [7, 11) is 0. The minimum absolute atomic E-state index is 0.0298. The average molecular weight is 567 g/mol. The van der Waals surface area contributed by atoms with E-state index in [1.54, 1.807) is 0 Å². The number of carbonyl (C=O) groups is 3. The van der Waals surface area contributed by atoms with Crippen LogP contribution in [-0.2, 0) is 27.2 Å². The number of rotatable bonds is 11. The molecular formula is C35H42N4O3. The molecule has 3 amide bonds. The highest BCUT2D eigenvalue weighted by molar-refractivity contribution is 6.00. The molecule has 0 radical (unpaired) electrons. The number of hydrogen-bond acceptors (Lipinski definition) is 4. The van der Waals surface area contributed by atoms with E-state index < -0.39 is 11.6 Å². The summed E-state index contributed by atoms with van der Waals surface area (Å²) in [6, 6.07) is 27.8. The van der Waals surface area contributed by atoms with E-state index in [0.29, 0.717) is 32.4 Å². The molecule has 0 aromatic heterocycles. The number of hydrogen-bond donors (Lipinski definition) is 2. The van der Waals surface area contributed by atoms with Gasteiger partial charge in [-0.3, -0.25) is 14.4 Å². The van der Waals surface area contributed by atoms with Crippen molar-refractivity contribution in [3.8, 4) is 11.1 Å². The first-order chi connectivity index (χ1) is 20.5. The Labute approximate surface area is 249 Å². The summed E-state index contributed by atoms with van der Waals surface area (Å²) >= 11 is 0. The quantitative estimate of drug-likeness (QED) is 0.364. The van der Waals surface area contributed by atoms with E-state index in [1.165, 1.54) is 5.56 Å². The number of piperazine rings is 1. The molecule has 0 saturated carbocycles. The normalized spacial score (nSPS) is 18.6. The predicted molar refractivity (Wildman–Crippen MR) is 166 cm³/mol. The molecular weight excluding hydrogens is 524 g/mol. The molecule has 1 atom stereocenters. The molecule has 42 heavy (non-hydrogen) atoms. The van der Waals surface area contributed by atoms with Gasteiger partial charge in [0.1, 0.15) is 11.6 Å². The van der Waals surface area contributed by atoms with Gasteiger partial charge in [0.15, 0.2) is 0 Å². The summed E-state index contributed by atoms with van der Waals surface area (Å²) in [5.41, 5.74) is 3.59. The zero-order chi connectivity index (χ0) is 29.4.